The van der Waals surface area contributed by atoms with Crippen molar-refractivity contribution in [2.45, 2.75) is 13.8 Å². The summed E-state index contributed by atoms with van der Waals surface area (Å²) in [6, 6.07) is 0. The van der Waals surface area contributed by atoms with Crippen LogP contribution in [-0.4, -0.2) is 12.8 Å². The molecule has 2 nitrogen and oxygen atoms in total. The molecule has 3 heteroatoms. The Morgan fingerprint density at radius 1 is 1.57 bits per heavy atom. The summed E-state index contributed by atoms with van der Waals surface area (Å²) >= 11 is 0. The molecular weight excluding hydrogens is 111 g/mol. The second-order valence-electron chi connectivity index (χ2n) is 1.07. The third-order valence-electron chi connectivity index (χ3n) is 0.531. The zero-order chi connectivity index (χ0) is 5.70. The highest BCUT2D eigenvalue weighted by Crippen LogP contribution is 2.23. The minimum atomic E-state index is -1.33. The predicted octanol–water partition coefficient (Wildman–Crippen LogP) is 0.715. The van der Waals surface area contributed by atoms with E-state index in [0.717, 1.165) is 0 Å². The van der Waals surface area contributed by atoms with Crippen LogP contribution >= 0.6 is 8.38 Å². The van der Waals surface area contributed by atoms with Crippen molar-refractivity contribution >= 4 is 8.38 Å². The molecule has 7 heavy (non-hydrogen) atoms. The SMILES string of the molecule is CCOP([O-])CC. The van der Waals surface area contributed by atoms with Crippen LogP contribution in [-0.2, 0) is 4.52 Å². The molecule has 0 rings (SSSR count). The molecule has 0 aliphatic carbocycles. The summed E-state index contributed by atoms with van der Waals surface area (Å²) in [7, 11) is -1.33. The van der Waals surface area contributed by atoms with Gasteiger partial charge in [0.2, 0.25) is 0 Å². The molecular formula is C4H10O2P-. The average Bonchev–Trinajstić information content (AvgIpc) is 1.68. The lowest BCUT2D eigenvalue weighted by Gasteiger charge is -2.18. The van der Waals surface area contributed by atoms with E-state index in [1.807, 2.05) is 13.8 Å². The van der Waals surface area contributed by atoms with Crippen LogP contribution in [0, 0.1) is 0 Å². The highest BCUT2D eigenvalue weighted by molar-refractivity contribution is 7.44. The first-order valence-corrected chi connectivity index (χ1v) is 3.75. The van der Waals surface area contributed by atoms with Gasteiger partial charge in [-0.1, -0.05) is 15.3 Å². The predicted molar refractivity (Wildman–Crippen MR) is 29.1 cm³/mol. The fourth-order valence-electron chi connectivity index (χ4n) is 0.235. The summed E-state index contributed by atoms with van der Waals surface area (Å²) in [6.45, 7) is 4.24. The Balaban J connectivity index is 2.83. The topological polar surface area (TPSA) is 32.3 Å². The number of hydrogen-bond donors (Lipinski definition) is 0. The molecule has 0 heterocycles. The summed E-state index contributed by atoms with van der Waals surface area (Å²) in [5, 5.41) is 0. The first-order valence-electron chi connectivity index (χ1n) is 2.38. The van der Waals surface area contributed by atoms with Gasteiger partial charge in [-0.2, -0.15) is 0 Å². The normalized spacial score (nSPS) is 14.1. The van der Waals surface area contributed by atoms with E-state index in [4.69, 9.17) is 4.52 Å². The molecule has 0 radical (unpaired) electrons. The number of hydrogen-bond acceptors (Lipinski definition) is 2. The van der Waals surface area contributed by atoms with Crippen LogP contribution in [0.3, 0.4) is 0 Å². The van der Waals surface area contributed by atoms with Crippen molar-refractivity contribution in [1.82, 2.24) is 0 Å². The average molecular weight is 121 g/mol. The highest BCUT2D eigenvalue weighted by atomic mass is 31.2. The molecule has 0 saturated heterocycles. The zero-order valence-electron chi connectivity index (χ0n) is 4.68. The lowest BCUT2D eigenvalue weighted by atomic mass is 10.9. The van der Waals surface area contributed by atoms with Gasteiger partial charge in [0.05, 0.1) is 0 Å². The van der Waals surface area contributed by atoms with Crippen molar-refractivity contribution in [1.29, 1.82) is 0 Å². The van der Waals surface area contributed by atoms with Gasteiger partial charge in [-0.25, -0.2) is 0 Å². The molecule has 44 valence electrons. The van der Waals surface area contributed by atoms with Crippen molar-refractivity contribution in [3.63, 3.8) is 0 Å². The van der Waals surface area contributed by atoms with E-state index < -0.39 is 8.38 Å². The fourth-order valence-corrected chi connectivity index (χ4v) is 0.706. The Morgan fingerprint density at radius 3 is 2.29 bits per heavy atom. The molecule has 0 aliphatic rings. The van der Waals surface area contributed by atoms with Crippen LogP contribution in [0.4, 0.5) is 0 Å². The van der Waals surface area contributed by atoms with Crippen LogP contribution in [0.2, 0.25) is 0 Å². The first-order chi connectivity index (χ1) is 3.31. The molecule has 0 bridgehead atoms. The first kappa shape index (κ1) is 7.35. The van der Waals surface area contributed by atoms with E-state index in [-0.39, 0.29) is 0 Å². The monoisotopic (exact) mass is 121 g/mol. The van der Waals surface area contributed by atoms with Crippen LogP contribution < -0.4 is 4.89 Å². The van der Waals surface area contributed by atoms with Crippen LogP contribution in [0.1, 0.15) is 13.8 Å². The van der Waals surface area contributed by atoms with Crippen molar-refractivity contribution in [3.8, 4) is 0 Å². The smallest absolute Gasteiger partial charge is 0.0464 e. The summed E-state index contributed by atoms with van der Waals surface area (Å²) < 4.78 is 4.70. The van der Waals surface area contributed by atoms with Gasteiger partial charge in [-0.15, -0.1) is 0 Å². The molecule has 0 fully saturated rings. The van der Waals surface area contributed by atoms with Gasteiger partial charge in [0.15, 0.2) is 0 Å². The second kappa shape index (κ2) is 4.51. The standard InChI is InChI=1S/C4H10O2P/c1-3-6-7(5)4-2/h3-4H2,1-2H3/q-1. The molecule has 0 saturated carbocycles. The minimum absolute atomic E-state index is 0.559. The second-order valence-corrected chi connectivity index (χ2v) is 2.62. The Labute approximate surface area is 45.4 Å². The lowest BCUT2D eigenvalue weighted by Crippen LogP contribution is -1.99. The fraction of sp³-hybridized carbons (Fsp3) is 1.00. The molecule has 0 N–H and O–H groups in total. The van der Waals surface area contributed by atoms with Crippen LogP contribution in [0.15, 0.2) is 0 Å². The summed E-state index contributed by atoms with van der Waals surface area (Å²) in [6.07, 6.45) is 0.628. The Bertz CT molecular complexity index is 40.7. The van der Waals surface area contributed by atoms with Crippen molar-refractivity contribution in [2.75, 3.05) is 12.8 Å². The van der Waals surface area contributed by atoms with Gasteiger partial charge in [-0.3, -0.25) is 0 Å². The third-order valence-corrected chi connectivity index (χ3v) is 1.59. The Kier molecular flexibility index (Phi) is 4.73. The zero-order valence-corrected chi connectivity index (χ0v) is 5.57. The van der Waals surface area contributed by atoms with Gasteiger partial charge >= 0.3 is 0 Å². The van der Waals surface area contributed by atoms with Gasteiger partial charge in [0, 0.05) is 6.61 Å². The molecule has 0 aromatic heterocycles. The van der Waals surface area contributed by atoms with Gasteiger partial charge in [-0.05, 0) is 13.1 Å². The van der Waals surface area contributed by atoms with E-state index in [1.165, 1.54) is 0 Å². The molecule has 0 amide bonds. The summed E-state index contributed by atoms with van der Waals surface area (Å²) in [5.74, 6) is 0. The Morgan fingerprint density at radius 2 is 2.14 bits per heavy atom. The van der Waals surface area contributed by atoms with Gasteiger partial charge < -0.3 is 9.42 Å². The third kappa shape index (κ3) is 4.20. The van der Waals surface area contributed by atoms with E-state index in [0.29, 0.717) is 12.8 Å². The van der Waals surface area contributed by atoms with Crippen molar-refractivity contribution in [2.24, 2.45) is 0 Å². The minimum Gasteiger partial charge on any atom is -0.808 e. The van der Waals surface area contributed by atoms with Crippen LogP contribution in [0.5, 0.6) is 0 Å². The lowest BCUT2D eigenvalue weighted by molar-refractivity contribution is -0.179. The van der Waals surface area contributed by atoms with Gasteiger partial charge in [0.1, 0.15) is 0 Å². The van der Waals surface area contributed by atoms with Crippen molar-refractivity contribution in [3.05, 3.63) is 0 Å². The molecule has 0 spiro atoms. The largest absolute Gasteiger partial charge is 0.808 e. The van der Waals surface area contributed by atoms with Crippen molar-refractivity contribution < 1.29 is 9.42 Å². The quantitative estimate of drug-likeness (QED) is 0.515. The molecule has 0 aromatic carbocycles. The van der Waals surface area contributed by atoms with E-state index in [9.17, 15) is 4.89 Å². The molecule has 1 atom stereocenters. The van der Waals surface area contributed by atoms with E-state index in [2.05, 4.69) is 0 Å². The van der Waals surface area contributed by atoms with Crippen LogP contribution in [0.25, 0.3) is 0 Å². The summed E-state index contributed by atoms with van der Waals surface area (Å²) in [5.41, 5.74) is 0. The maximum atomic E-state index is 10.3. The van der Waals surface area contributed by atoms with E-state index in [1.54, 1.807) is 0 Å². The van der Waals surface area contributed by atoms with E-state index >= 15 is 0 Å². The highest BCUT2D eigenvalue weighted by Gasteiger charge is 1.82. The maximum absolute atomic E-state index is 10.3. The number of rotatable bonds is 3. The summed E-state index contributed by atoms with van der Waals surface area (Å²) in [4.78, 5) is 10.3. The molecule has 1 unspecified atom stereocenters. The maximum Gasteiger partial charge on any atom is 0.0464 e. The molecule has 0 aromatic rings. The Hall–Kier alpha value is 0.350. The van der Waals surface area contributed by atoms with Gasteiger partial charge in [0.25, 0.3) is 0 Å². The molecule has 0 aliphatic heterocycles.